The summed E-state index contributed by atoms with van der Waals surface area (Å²) >= 11 is 0. The molecular weight excluding hydrogens is 270 g/mol. The van der Waals surface area contributed by atoms with Gasteiger partial charge in [0, 0.05) is 18.3 Å². The molecule has 1 heterocycles. The summed E-state index contributed by atoms with van der Waals surface area (Å²) in [5.74, 6) is -0.378. The lowest BCUT2D eigenvalue weighted by Crippen LogP contribution is -2.48. The number of esters is 1. The standard InChI is InChI=1S/C15H27N3O3/c1-7-21-13(19)11-8-16-14(20)17-12(11)9-18(6)10(2)15(3,4)5/h10H,7-9H2,1-6H3,(H2,16,17,20). The predicted molar refractivity (Wildman–Crippen MR) is 81.7 cm³/mol. The first-order valence-corrected chi connectivity index (χ1v) is 7.31. The molecule has 0 saturated heterocycles. The van der Waals surface area contributed by atoms with Crippen LogP contribution in [0.25, 0.3) is 0 Å². The van der Waals surface area contributed by atoms with Crippen molar-refractivity contribution in [1.29, 1.82) is 0 Å². The van der Waals surface area contributed by atoms with Crippen molar-refractivity contribution >= 4 is 12.0 Å². The van der Waals surface area contributed by atoms with Crippen LogP contribution in [-0.2, 0) is 9.53 Å². The van der Waals surface area contributed by atoms with Gasteiger partial charge in [-0.2, -0.15) is 0 Å². The van der Waals surface area contributed by atoms with E-state index in [1.54, 1.807) is 6.92 Å². The van der Waals surface area contributed by atoms with Crippen molar-refractivity contribution in [1.82, 2.24) is 15.5 Å². The van der Waals surface area contributed by atoms with Crippen LogP contribution in [-0.4, -0.2) is 49.7 Å². The highest BCUT2D eigenvalue weighted by Gasteiger charge is 2.28. The fourth-order valence-corrected chi connectivity index (χ4v) is 2.13. The van der Waals surface area contributed by atoms with Gasteiger partial charge in [-0.25, -0.2) is 9.59 Å². The molecule has 0 radical (unpaired) electrons. The molecule has 1 aliphatic heterocycles. The van der Waals surface area contributed by atoms with E-state index < -0.39 is 0 Å². The molecule has 0 fully saturated rings. The Morgan fingerprint density at radius 3 is 2.57 bits per heavy atom. The van der Waals surface area contributed by atoms with Gasteiger partial charge in [0.2, 0.25) is 0 Å². The van der Waals surface area contributed by atoms with Crippen LogP contribution >= 0.6 is 0 Å². The van der Waals surface area contributed by atoms with Gasteiger partial charge in [0.1, 0.15) is 0 Å². The first-order chi connectivity index (χ1) is 9.66. The summed E-state index contributed by atoms with van der Waals surface area (Å²) in [6.07, 6.45) is 0. The van der Waals surface area contributed by atoms with Gasteiger partial charge in [0.05, 0.1) is 18.7 Å². The summed E-state index contributed by atoms with van der Waals surface area (Å²) < 4.78 is 5.05. The van der Waals surface area contributed by atoms with E-state index in [0.717, 1.165) is 0 Å². The van der Waals surface area contributed by atoms with E-state index in [1.807, 2.05) is 7.05 Å². The second kappa shape index (κ2) is 6.93. The molecule has 0 aromatic heterocycles. The Labute approximate surface area is 126 Å². The van der Waals surface area contributed by atoms with Crippen LogP contribution in [0.5, 0.6) is 0 Å². The van der Waals surface area contributed by atoms with Crippen LogP contribution < -0.4 is 10.6 Å². The van der Waals surface area contributed by atoms with Gasteiger partial charge in [-0.3, -0.25) is 4.90 Å². The van der Waals surface area contributed by atoms with Gasteiger partial charge >= 0.3 is 12.0 Å². The molecule has 0 bridgehead atoms. The number of hydrogen-bond acceptors (Lipinski definition) is 4. The topological polar surface area (TPSA) is 70.7 Å². The minimum absolute atomic E-state index is 0.107. The second-order valence-electron chi connectivity index (χ2n) is 6.44. The number of nitrogens with one attached hydrogen (secondary N) is 2. The Morgan fingerprint density at radius 2 is 2.05 bits per heavy atom. The summed E-state index contributed by atoms with van der Waals surface area (Å²) in [6.45, 7) is 11.4. The van der Waals surface area contributed by atoms with Crippen molar-refractivity contribution in [2.75, 3.05) is 26.7 Å². The fraction of sp³-hybridized carbons (Fsp3) is 0.733. The van der Waals surface area contributed by atoms with E-state index in [1.165, 1.54) is 0 Å². The van der Waals surface area contributed by atoms with Crippen LogP contribution in [0.3, 0.4) is 0 Å². The average Bonchev–Trinajstić information content (AvgIpc) is 2.37. The Hall–Kier alpha value is -1.56. The van der Waals surface area contributed by atoms with Crippen molar-refractivity contribution in [3.63, 3.8) is 0 Å². The number of carbonyl (C=O) groups excluding carboxylic acids is 2. The Balaban J connectivity index is 2.92. The lowest BCUT2D eigenvalue weighted by molar-refractivity contribution is -0.138. The SMILES string of the molecule is CCOC(=O)C1=C(CN(C)C(C)C(C)(C)C)NC(=O)NC1. The highest BCUT2D eigenvalue weighted by molar-refractivity contribution is 5.93. The minimum atomic E-state index is -0.378. The predicted octanol–water partition coefficient (Wildman–Crippen LogP) is 1.48. The zero-order valence-electron chi connectivity index (χ0n) is 13.9. The van der Waals surface area contributed by atoms with Gasteiger partial charge in [-0.1, -0.05) is 20.8 Å². The molecular formula is C15H27N3O3. The number of ether oxygens (including phenoxy) is 1. The smallest absolute Gasteiger partial charge is 0.337 e. The van der Waals surface area contributed by atoms with Crippen LogP contribution in [0.15, 0.2) is 11.3 Å². The maximum atomic E-state index is 12.0. The molecule has 1 unspecified atom stereocenters. The number of urea groups is 1. The van der Waals surface area contributed by atoms with Crippen LogP contribution in [0, 0.1) is 5.41 Å². The molecule has 21 heavy (non-hydrogen) atoms. The lowest BCUT2D eigenvalue weighted by atomic mass is 9.87. The zero-order chi connectivity index (χ0) is 16.2. The molecule has 0 aromatic rings. The maximum Gasteiger partial charge on any atom is 0.337 e. The number of carbonyl (C=O) groups is 2. The van der Waals surface area contributed by atoms with E-state index in [2.05, 4.69) is 43.2 Å². The van der Waals surface area contributed by atoms with Gasteiger partial charge in [0.15, 0.2) is 0 Å². The molecule has 0 aromatic carbocycles. The molecule has 6 nitrogen and oxygen atoms in total. The van der Waals surface area contributed by atoms with E-state index in [9.17, 15) is 9.59 Å². The van der Waals surface area contributed by atoms with Crippen LogP contribution in [0.1, 0.15) is 34.6 Å². The lowest BCUT2D eigenvalue weighted by Gasteiger charge is -2.36. The van der Waals surface area contributed by atoms with Gasteiger partial charge < -0.3 is 15.4 Å². The number of nitrogens with zero attached hydrogens (tertiary/aromatic N) is 1. The van der Waals surface area contributed by atoms with Crippen molar-refractivity contribution in [3.05, 3.63) is 11.3 Å². The number of likely N-dealkylation sites (N-methyl/N-ethyl adjacent to an activating group) is 1. The summed E-state index contributed by atoms with van der Waals surface area (Å²) in [5, 5.41) is 5.34. The first-order valence-electron chi connectivity index (χ1n) is 7.31. The summed E-state index contributed by atoms with van der Waals surface area (Å²) in [7, 11) is 1.99. The number of hydrogen-bond donors (Lipinski definition) is 2. The molecule has 0 saturated carbocycles. The number of rotatable bonds is 5. The second-order valence-corrected chi connectivity index (χ2v) is 6.44. The number of amides is 2. The van der Waals surface area contributed by atoms with E-state index >= 15 is 0 Å². The molecule has 1 aliphatic rings. The van der Waals surface area contributed by atoms with E-state index in [4.69, 9.17) is 4.74 Å². The summed E-state index contributed by atoms with van der Waals surface area (Å²) in [4.78, 5) is 25.6. The van der Waals surface area contributed by atoms with Gasteiger partial charge in [0.25, 0.3) is 0 Å². The third-order valence-electron chi connectivity index (χ3n) is 3.90. The van der Waals surface area contributed by atoms with Crippen LogP contribution in [0.4, 0.5) is 4.79 Å². The van der Waals surface area contributed by atoms with Crippen molar-refractivity contribution in [3.8, 4) is 0 Å². The molecule has 6 heteroatoms. The first kappa shape index (κ1) is 17.5. The summed E-state index contributed by atoms with van der Waals surface area (Å²) in [6, 6.07) is 0.00935. The summed E-state index contributed by atoms with van der Waals surface area (Å²) in [5.41, 5.74) is 1.22. The largest absolute Gasteiger partial charge is 0.463 e. The van der Waals surface area contributed by atoms with Crippen molar-refractivity contribution in [2.45, 2.75) is 40.7 Å². The Morgan fingerprint density at radius 1 is 1.43 bits per heavy atom. The molecule has 1 atom stereocenters. The minimum Gasteiger partial charge on any atom is -0.463 e. The third-order valence-corrected chi connectivity index (χ3v) is 3.90. The molecule has 2 amide bonds. The highest BCUT2D eigenvalue weighted by Crippen LogP contribution is 2.24. The third kappa shape index (κ3) is 4.74. The van der Waals surface area contributed by atoms with Gasteiger partial charge in [-0.15, -0.1) is 0 Å². The molecule has 2 N–H and O–H groups in total. The average molecular weight is 297 g/mol. The monoisotopic (exact) mass is 297 g/mol. The zero-order valence-corrected chi connectivity index (χ0v) is 13.9. The Kier molecular flexibility index (Phi) is 5.78. The van der Waals surface area contributed by atoms with Crippen molar-refractivity contribution in [2.24, 2.45) is 5.41 Å². The fourth-order valence-electron chi connectivity index (χ4n) is 2.13. The van der Waals surface area contributed by atoms with E-state index in [0.29, 0.717) is 30.5 Å². The normalized spacial score (nSPS) is 17.4. The molecule has 0 aliphatic carbocycles. The molecule has 120 valence electrons. The van der Waals surface area contributed by atoms with Crippen LogP contribution in [0.2, 0.25) is 0 Å². The highest BCUT2D eigenvalue weighted by atomic mass is 16.5. The van der Waals surface area contributed by atoms with E-state index in [-0.39, 0.29) is 24.0 Å². The van der Waals surface area contributed by atoms with Crippen molar-refractivity contribution < 1.29 is 14.3 Å². The molecule has 0 spiro atoms. The Bertz CT molecular complexity index is 438. The maximum absolute atomic E-state index is 12.0. The molecule has 1 rings (SSSR count). The van der Waals surface area contributed by atoms with Gasteiger partial charge in [-0.05, 0) is 26.3 Å². The quantitative estimate of drug-likeness (QED) is 0.754.